The Bertz CT molecular complexity index is 1220. The first-order valence-corrected chi connectivity index (χ1v) is 9.16. The molecule has 140 valence electrons. The Morgan fingerprint density at radius 3 is 2.57 bits per heavy atom. The number of rotatable bonds is 4. The summed E-state index contributed by atoms with van der Waals surface area (Å²) in [6.45, 7) is 1.87. The minimum atomic E-state index is -0.177. The molecule has 0 spiro atoms. The van der Waals surface area contributed by atoms with Crippen LogP contribution in [-0.2, 0) is 7.05 Å². The quantitative estimate of drug-likeness (QED) is 0.452. The summed E-state index contributed by atoms with van der Waals surface area (Å²) in [5.74, 6) is 1.25. The Kier molecular flexibility index (Phi) is 4.75. The van der Waals surface area contributed by atoms with Crippen molar-refractivity contribution in [1.82, 2.24) is 9.36 Å². The number of para-hydroxylation sites is 1. The second kappa shape index (κ2) is 7.37. The highest BCUT2D eigenvalue weighted by molar-refractivity contribution is 6.30. The van der Waals surface area contributed by atoms with Crippen LogP contribution in [0.25, 0.3) is 17.0 Å². The molecule has 0 unspecified atom stereocenters. The van der Waals surface area contributed by atoms with Crippen molar-refractivity contribution in [2.45, 2.75) is 6.92 Å². The van der Waals surface area contributed by atoms with Gasteiger partial charge in [-0.05, 0) is 43.3 Å². The number of aliphatic imine (C=N–C) groups is 1. The summed E-state index contributed by atoms with van der Waals surface area (Å²) in [6.07, 6.45) is 1.56. The van der Waals surface area contributed by atoms with Crippen molar-refractivity contribution in [3.05, 3.63) is 93.6 Å². The summed E-state index contributed by atoms with van der Waals surface area (Å²) < 4.78 is 9.22. The molecule has 0 radical (unpaired) electrons. The van der Waals surface area contributed by atoms with Crippen molar-refractivity contribution in [2.24, 2.45) is 12.0 Å². The van der Waals surface area contributed by atoms with E-state index in [2.05, 4.69) is 4.99 Å². The van der Waals surface area contributed by atoms with E-state index in [4.69, 9.17) is 16.0 Å². The zero-order valence-electron chi connectivity index (χ0n) is 15.5. The molecule has 0 fully saturated rings. The molecule has 0 aliphatic rings. The van der Waals surface area contributed by atoms with Gasteiger partial charge in [0.2, 0.25) is 0 Å². The topological polar surface area (TPSA) is 52.4 Å². The highest BCUT2D eigenvalue weighted by Crippen LogP contribution is 2.24. The molecule has 0 bridgehead atoms. The van der Waals surface area contributed by atoms with Crippen molar-refractivity contribution >= 4 is 23.5 Å². The molecular formula is C22H18ClN3O2. The van der Waals surface area contributed by atoms with Gasteiger partial charge in [-0.3, -0.25) is 9.48 Å². The van der Waals surface area contributed by atoms with Crippen molar-refractivity contribution in [3.8, 4) is 17.0 Å². The van der Waals surface area contributed by atoms with Crippen LogP contribution in [-0.4, -0.2) is 15.6 Å². The molecule has 0 atom stereocenters. The summed E-state index contributed by atoms with van der Waals surface area (Å²) in [5.41, 5.74) is 2.65. The molecule has 0 N–H and O–H groups in total. The normalized spacial score (nSPS) is 11.4. The number of hydrogen-bond donors (Lipinski definition) is 0. The molecule has 2 aromatic carbocycles. The SMILES string of the molecule is Cc1c(N=Cc2ccc(-c3cccc(Cl)c3)o2)c(=O)n(-c2ccccc2)n1C. The third-order valence-electron chi connectivity index (χ3n) is 4.58. The van der Waals surface area contributed by atoms with Crippen LogP contribution in [0.3, 0.4) is 0 Å². The van der Waals surface area contributed by atoms with Crippen LogP contribution in [0.5, 0.6) is 0 Å². The summed E-state index contributed by atoms with van der Waals surface area (Å²) in [4.78, 5) is 17.3. The largest absolute Gasteiger partial charge is 0.455 e. The molecule has 28 heavy (non-hydrogen) atoms. The van der Waals surface area contributed by atoms with E-state index in [1.54, 1.807) is 15.6 Å². The number of furan rings is 1. The molecule has 6 heteroatoms. The van der Waals surface area contributed by atoms with Crippen LogP contribution in [0.2, 0.25) is 5.02 Å². The zero-order chi connectivity index (χ0) is 19.7. The van der Waals surface area contributed by atoms with E-state index in [0.717, 1.165) is 16.9 Å². The lowest BCUT2D eigenvalue weighted by molar-refractivity contribution is 0.575. The van der Waals surface area contributed by atoms with Crippen molar-refractivity contribution in [3.63, 3.8) is 0 Å². The van der Waals surface area contributed by atoms with E-state index >= 15 is 0 Å². The highest BCUT2D eigenvalue weighted by atomic mass is 35.5. The molecule has 0 aliphatic heterocycles. The molecule has 2 aromatic heterocycles. The molecule has 0 amide bonds. The van der Waals surface area contributed by atoms with Gasteiger partial charge in [0.1, 0.15) is 11.5 Å². The average molecular weight is 392 g/mol. The predicted octanol–water partition coefficient (Wildman–Crippen LogP) is 5.15. The van der Waals surface area contributed by atoms with Crippen molar-refractivity contribution < 1.29 is 4.42 Å². The lowest BCUT2D eigenvalue weighted by Crippen LogP contribution is -2.19. The zero-order valence-corrected chi connectivity index (χ0v) is 16.2. The van der Waals surface area contributed by atoms with Gasteiger partial charge in [0.25, 0.3) is 5.56 Å². The maximum Gasteiger partial charge on any atom is 0.297 e. The highest BCUT2D eigenvalue weighted by Gasteiger charge is 2.15. The Labute approximate surface area is 167 Å². The van der Waals surface area contributed by atoms with Crippen LogP contribution in [0.4, 0.5) is 5.69 Å². The van der Waals surface area contributed by atoms with Crippen molar-refractivity contribution in [1.29, 1.82) is 0 Å². The Hall–Kier alpha value is -3.31. The van der Waals surface area contributed by atoms with Crippen molar-refractivity contribution in [2.75, 3.05) is 0 Å². The number of benzene rings is 2. The van der Waals surface area contributed by atoms with Gasteiger partial charge in [0.05, 0.1) is 17.6 Å². The minimum absolute atomic E-state index is 0.177. The maximum atomic E-state index is 12.9. The average Bonchev–Trinajstić information content (AvgIpc) is 3.25. The molecule has 0 aliphatic carbocycles. The molecule has 0 saturated heterocycles. The fraction of sp³-hybridized carbons (Fsp3) is 0.0909. The Balaban J connectivity index is 1.67. The molecule has 4 rings (SSSR count). The van der Waals surface area contributed by atoms with Crippen LogP contribution in [0.1, 0.15) is 11.5 Å². The number of aromatic nitrogens is 2. The minimum Gasteiger partial charge on any atom is -0.455 e. The molecule has 0 saturated carbocycles. The van der Waals surface area contributed by atoms with Crippen LogP contribution >= 0.6 is 11.6 Å². The summed E-state index contributed by atoms with van der Waals surface area (Å²) >= 11 is 6.04. The number of hydrogen-bond acceptors (Lipinski definition) is 3. The first-order valence-electron chi connectivity index (χ1n) is 8.78. The fourth-order valence-electron chi connectivity index (χ4n) is 3.05. The third kappa shape index (κ3) is 3.32. The second-order valence-electron chi connectivity index (χ2n) is 6.38. The van der Waals surface area contributed by atoms with Gasteiger partial charge in [0, 0.05) is 17.6 Å². The third-order valence-corrected chi connectivity index (χ3v) is 4.82. The molecular weight excluding hydrogens is 374 g/mol. The Morgan fingerprint density at radius 2 is 1.82 bits per heavy atom. The van der Waals surface area contributed by atoms with Gasteiger partial charge in [-0.1, -0.05) is 41.9 Å². The lowest BCUT2D eigenvalue weighted by Gasteiger charge is -2.07. The standard InChI is InChI=1S/C22H18ClN3O2/c1-15-21(22(27)26(25(15)2)18-9-4-3-5-10-18)24-14-19-11-12-20(28-19)16-7-6-8-17(23)13-16/h3-14H,1-2H3. The smallest absolute Gasteiger partial charge is 0.297 e. The first kappa shape index (κ1) is 18.1. The summed E-state index contributed by atoms with van der Waals surface area (Å²) in [5, 5.41) is 0.644. The number of halogens is 1. The monoisotopic (exact) mass is 391 g/mol. The summed E-state index contributed by atoms with van der Waals surface area (Å²) in [7, 11) is 1.84. The predicted molar refractivity (Wildman–Crippen MR) is 112 cm³/mol. The van der Waals surface area contributed by atoms with Gasteiger partial charge in [-0.25, -0.2) is 9.67 Å². The fourth-order valence-corrected chi connectivity index (χ4v) is 3.24. The van der Waals surface area contributed by atoms with E-state index in [9.17, 15) is 4.79 Å². The maximum absolute atomic E-state index is 12.9. The first-order chi connectivity index (χ1) is 13.5. The lowest BCUT2D eigenvalue weighted by atomic mass is 10.2. The second-order valence-corrected chi connectivity index (χ2v) is 6.82. The van der Waals surface area contributed by atoms with Gasteiger partial charge in [-0.2, -0.15) is 0 Å². The van der Waals surface area contributed by atoms with E-state index in [-0.39, 0.29) is 5.56 Å². The molecule has 5 nitrogen and oxygen atoms in total. The molecule has 2 heterocycles. The van der Waals surface area contributed by atoms with Crippen LogP contribution in [0.15, 0.2) is 80.9 Å². The number of nitrogens with zero attached hydrogens (tertiary/aromatic N) is 3. The van der Waals surface area contributed by atoms with Gasteiger partial charge in [0.15, 0.2) is 5.69 Å². The van der Waals surface area contributed by atoms with Gasteiger partial charge < -0.3 is 4.42 Å². The van der Waals surface area contributed by atoms with E-state index in [1.807, 2.05) is 80.7 Å². The Morgan fingerprint density at radius 1 is 1.04 bits per heavy atom. The molecule has 4 aromatic rings. The van der Waals surface area contributed by atoms with Crippen LogP contribution in [0, 0.1) is 6.92 Å². The van der Waals surface area contributed by atoms with Crippen LogP contribution < -0.4 is 5.56 Å². The van der Waals surface area contributed by atoms with E-state index < -0.39 is 0 Å². The van der Waals surface area contributed by atoms with E-state index in [0.29, 0.717) is 22.2 Å². The van der Waals surface area contributed by atoms with Gasteiger partial charge in [-0.15, -0.1) is 0 Å². The van der Waals surface area contributed by atoms with Gasteiger partial charge >= 0.3 is 0 Å². The van der Waals surface area contributed by atoms with E-state index in [1.165, 1.54) is 0 Å². The summed E-state index contributed by atoms with van der Waals surface area (Å²) in [6, 6.07) is 20.6.